The summed E-state index contributed by atoms with van der Waals surface area (Å²) in [4.78, 5) is 11.6. The van der Waals surface area contributed by atoms with Crippen molar-refractivity contribution < 1.29 is 14.6 Å². The van der Waals surface area contributed by atoms with Gasteiger partial charge in [-0.1, -0.05) is 6.92 Å². The number of aliphatic hydroxyl groups is 1. The topological polar surface area (TPSA) is 58.6 Å². The Morgan fingerprint density at radius 2 is 2.50 bits per heavy atom. The Bertz CT molecular complexity index is 178. The zero-order valence-electron chi connectivity index (χ0n) is 8.66. The minimum Gasteiger partial charge on any atom is -0.396 e. The molecule has 0 aliphatic carbocycles. The van der Waals surface area contributed by atoms with E-state index in [4.69, 9.17) is 9.84 Å². The van der Waals surface area contributed by atoms with E-state index in [0.717, 1.165) is 19.3 Å². The highest BCUT2D eigenvalue weighted by Gasteiger charge is 2.24. The maximum Gasteiger partial charge on any atom is 0.249 e. The molecule has 1 saturated heterocycles. The van der Waals surface area contributed by atoms with Crippen LogP contribution in [0, 0.1) is 0 Å². The van der Waals surface area contributed by atoms with Crippen molar-refractivity contribution in [2.75, 3.05) is 13.2 Å². The van der Waals surface area contributed by atoms with Gasteiger partial charge in [0.1, 0.15) is 6.10 Å². The van der Waals surface area contributed by atoms with E-state index in [1.54, 1.807) is 0 Å². The van der Waals surface area contributed by atoms with Gasteiger partial charge in [-0.2, -0.15) is 0 Å². The average Bonchev–Trinajstić information content (AvgIpc) is 2.69. The average molecular weight is 201 g/mol. The predicted octanol–water partition coefficient (Wildman–Crippen LogP) is 0.443. The van der Waals surface area contributed by atoms with E-state index in [1.807, 2.05) is 6.92 Å². The Morgan fingerprint density at radius 3 is 3.00 bits per heavy atom. The van der Waals surface area contributed by atoms with Crippen molar-refractivity contribution in [3.05, 3.63) is 0 Å². The number of aliphatic hydroxyl groups excluding tert-OH is 1. The van der Waals surface area contributed by atoms with E-state index in [-0.39, 0.29) is 24.7 Å². The second-order valence-corrected chi connectivity index (χ2v) is 3.63. The molecule has 82 valence electrons. The van der Waals surface area contributed by atoms with Gasteiger partial charge >= 0.3 is 0 Å². The minimum absolute atomic E-state index is 0.0252. The van der Waals surface area contributed by atoms with Gasteiger partial charge in [0.2, 0.25) is 5.91 Å². The van der Waals surface area contributed by atoms with E-state index >= 15 is 0 Å². The van der Waals surface area contributed by atoms with Gasteiger partial charge in [-0.3, -0.25) is 4.79 Å². The van der Waals surface area contributed by atoms with Crippen LogP contribution >= 0.6 is 0 Å². The van der Waals surface area contributed by atoms with Crippen LogP contribution in [-0.2, 0) is 9.53 Å². The molecule has 1 aliphatic heterocycles. The van der Waals surface area contributed by atoms with Gasteiger partial charge in [0.25, 0.3) is 0 Å². The van der Waals surface area contributed by atoms with Crippen LogP contribution in [0.15, 0.2) is 0 Å². The zero-order valence-corrected chi connectivity index (χ0v) is 8.66. The van der Waals surface area contributed by atoms with Crippen molar-refractivity contribution in [1.82, 2.24) is 5.32 Å². The lowest BCUT2D eigenvalue weighted by atomic mass is 10.1. The molecule has 2 N–H and O–H groups in total. The predicted molar refractivity (Wildman–Crippen MR) is 52.9 cm³/mol. The third kappa shape index (κ3) is 3.27. The Balaban J connectivity index is 2.29. The van der Waals surface area contributed by atoms with E-state index in [9.17, 15) is 4.79 Å². The molecular weight excluding hydrogens is 182 g/mol. The Morgan fingerprint density at radius 1 is 1.71 bits per heavy atom. The van der Waals surface area contributed by atoms with Crippen LogP contribution in [0.25, 0.3) is 0 Å². The summed E-state index contributed by atoms with van der Waals surface area (Å²) in [5.41, 5.74) is 0. The number of ether oxygens (including phenoxy) is 1. The van der Waals surface area contributed by atoms with Gasteiger partial charge in [-0.05, 0) is 25.7 Å². The fraction of sp³-hybridized carbons (Fsp3) is 0.900. The monoisotopic (exact) mass is 201 g/mol. The van der Waals surface area contributed by atoms with Crippen LogP contribution in [0.2, 0.25) is 0 Å². The number of nitrogens with one attached hydrogen (secondary N) is 1. The first-order valence-electron chi connectivity index (χ1n) is 5.30. The highest BCUT2D eigenvalue weighted by atomic mass is 16.5. The summed E-state index contributed by atoms with van der Waals surface area (Å²) < 4.78 is 5.26. The summed E-state index contributed by atoms with van der Waals surface area (Å²) in [7, 11) is 0. The van der Waals surface area contributed by atoms with Crippen molar-refractivity contribution in [2.45, 2.75) is 44.8 Å². The van der Waals surface area contributed by atoms with E-state index in [1.165, 1.54) is 0 Å². The molecule has 1 rings (SSSR count). The SMILES string of the molecule is CCC(CCO)NC(=O)[C@H]1CCCO1. The van der Waals surface area contributed by atoms with Gasteiger partial charge < -0.3 is 15.2 Å². The normalized spacial score (nSPS) is 23.4. The first-order chi connectivity index (χ1) is 6.77. The second kappa shape index (κ2) is 5.98. The number of hydrogen-bond donors (Lipinski definition) is 2. The molecule has 2 atom stereocenters. The van der Waals surface area contributed by atoms with Crippen molar-refractivity contribution >= 4 is 5.91 Å². The van der Waals surface area contributed by atoms with Gasteiger partial charge in [0.05, 0.1) is 0 Å². The molecule has 0 bridgehead atoms. The number of carbonyl (C=O) groups is 1. The maximum atomic E-state index is 11.6. The van der Waals surface area contributed by atoms with Crippen LogP contribution in [0.4, 0.5) is 0 Å². The summed E-state index contributed by atoms with van der Waals surface area (Å²) in [5.74, 6) is -0.0252. The van der Waals surface area contributed by atoms with Crippen molar-refractivity contribution in [1.29, 1.82) is 0 Å². The smallest absolute Gasteiger partial charge is 0.249 e. The fourth-order valence-corrected chi connectivity index (χ4v) is 1.61. The van der Waals surface area contributed by atoms with E-state index < -0.39 is 0 Å². The van der Waals surface area contributed by atoms with Gasteiger partial charge in [0.15, 0.2) is 0 Å². The van der Waals surface area contributed by atoms with Crippen LogP contribution in [-0.4, -0.2) is 36.4 Å². The van der Waals surface area contributed by atoms with E-state index in [2.05, 4.69) is 5.32 Å². The molecule has 1 heterocycles. The molecule has 14 heavy (non-hydrogen) atoms. The summed E-state index contributed by atoms with van der Waals surface area (Å²) >= 11 is 0. The lowest BCUT2D eigenvalue weighted by Gasteiger charge is -2.18. The zero-order chi connectivity index (χ0) is 10.4. The molecule has 0 spiro atoms. The molecule has 1 unspecified atom stereocenters. The second-order valence-electron chi connectivity index (χ2n) is 3.63. The quantitative estimate of drug-likeness (QED) is 0.678. The van der Waals surface area contributed by atoms with Crippen molar-refractivity contribution in [2.24, 2.45) is 0 Å². The highest BCUT2D eigenvalue weighted by molar-refractivity contribution is 5.81. The standard InChI is InChI=1S/C10H19NO3/c1-2-8(5-6-12)11-10(13)9-4-3-7-14-9/h8-9,12H,2-7H2,1H3,(H,11,13)/t8?,9-/m1/s1. The highest BCUT2D eigenvalue weighted by Crippen LogP contribution is 2.12. The molecule has 4 nitrogen and oxygen atoms in total. The number of carbonyl (C=O) groups excluding carboxylic acids is 1. The van der Waals surface area contributed by atoms with Crippen LogP contribution in [0.3, 0.4) is 0 Å². The lowest BCUT2D eigenvalue weighted by Crippen LogP contribution is -2.41. The molecule has 4 heteroatoms. The van der Waals surface area contributed by atoms with Crippen LogP contribution < -0.4 is 5.32 Å². The molecule has 0 radical (unpaired) electrons. The molecular formula is C10H19NO3. The number of hydrogen-bond acceptors (Lipinski definition) is 3. The Kier molecular flexibility index (Phi) is 4.90. The first-order valence-corrected chi connectivity index (χ1v) is 5.30. The summed E-state index contributed by atoms with van der Waals surface area (Å²) in [6, 6.07) is 0.0803. The molecule has 0 saturated carbocycles. The largest absolute Gasteiger partial charge is 0.396 e. The fourth-order valence-electron chi connectivity index (χ4n) is 1.61. The number of amides is 1. The third-order valence-corrected chi connectivity index (χ3v) is 2.54. The van der Waals surface area contributed by atoms with Gasteiger partial charge in [-0.25, -0.2) is 0 Å². The first kappa shape index (κ1) is 11.5. The molecule has 0 aromatic rings. The van der Waals surface area contributed by atoms with E-state index in [0.29, 0.717) is 13.0 Å². The van der Waals surface area contributed by atoms with Crippen molar-refractivity contribution in [3.8, 4) is 0 Å². The molecule has 1 aliphatic rings. The lowest BCUT2D eigenvalue weighted by molar-refractivity contribution is -0.130. The van der Waals surface area contributed by atoms with Gasteiger partial charge in [0, 0.05) is 19.3 Å². The summed E-state index contributed by atoms with van der Waals surface area (Å²) in [5, 5.41) is 11.6. The third-order valence-electron chi connectivity index (χ3n) is 2.54. The summed E-state index contributed by atoms with van der Waals surface area (Å²) in [6.45, 7) is 2.80. The minimum atomic E-state index is -0.261. The Labute approximate surface area is 84.6 Å². The Hall–Kier alpha value is -0.610. The molecule has 1 amide bonds. The van der Waals surface area contributed by atoms with Crippen LogP contribution in [0.1, 0.15) is 32.6 Å². The number of rotatable bonds is 5. The molecule has 0 aromatic carbocycles. The van der Waals surface area contributed by atoms with Gasteiger partial charge in [-0.15, -0.1) is 0 Å². The summed E-state index contributed by atoms with van der Waals surface area (Å²) in [6.07, 6.45) is 2.99. The van der Waals surface area contributed by atoms with Crippen molar-refractivity contribution in [3.63, 3.8) is 0 Å². The molecule has 0 aromatic heterocycles. The maximum absolute atomic E-state index is 11.6. The van der Waals surface area contributed by atoms with Crippen LogP contribution in [0.5, 0.6) is 0 Å². The molecule has 1 fully saturated rings.